The molecule has 0 aliphatic carbocycles. The number of nitrogens with two attached hydrogens (primary N) is 1. The fraction of sp³-hybridized carbons (Fsp3) is 0.231. The molecule has 0 spiro atoms. The second kappa shape index (κ2) is 5.69. The molecule has 1 heterocycles. The zero-order valence-electron chi connectivity index (χ0n) is 9.82. The van der Waals surface area contributed by atoms with Gasteiger partial charge in [0.1, 0.15) is 17.7 Å². The molecule has 0 bridgehead atoms. The van der Waals surface area contributed by atoms with Crippen molar-refractivity contribution in [3.63, 3.8) is 0 Å². The van der Waals surface area contributed by atoms with Crippen LogP contribution < -0.4 is 10.5 Å². The largest absolute Gasteiger partial charge is 0.483 e. The average molecular weight is 286 g/mol. The van der Waals surface area contributed by atoms with Crippen LogP contribution >= 0.6 is 22.9 Å². The fourth-order valence-electron chi connectivity index (χ4n) is 1.58. The summed E-state index contributed by atoms with van der Waals surface area (Å²) in [5, 5.41) is 0. The Morgan fingerprint density at radius 2 is 2.17 bits per heavy atom. The third-order valence-electron chi connectivity index (χ3n) is 2.54. The number of benzene rings is 1. The van der Waals surface area contributed by atoms with E-state index in [0.717, 1.165) is 10.4 Å². The molecule has 2 aromatic rings. The van der Waals surface area contributed by atoms with Gasteiger partial charge in [0.15, 0.2) is 0 Å². The lowest BCUT2D eigenvalue weighted by atomic mass is 10.2. The molecule has 0 saturated carbocycles. The number of halogens is 2. The number of hydrogen-bond donors (Lipinski definition) is 1. The van der Waals surface area contributed by atoms with Crippen LogP contribution in [-0.2, 0) is 0 Å². The van der Waals surface area contributed by atoms with E-state index in [1.54, 1.807) is 12.1 Å². The highest BCUT2D eigenvalue weighted by atomic mass is 35.5. The number of ether oxygens (including phenoxy) is 1. The highest BCUT2D eigenvalue weighted by molar-refractivity contribution is 7.16. The highest BCUT2D eigenvalue weighted by Crippen LogP contribution is 2.31. The van der Waals surface area contributed by atoms with Crippen molar-refractivity contribution in [2.45, 2.75) is 13.0 Å². The molecule has 2 nitrogen and oxygen atoms in total. The fourth-order valence-corrected chi connectivity index (χ4v) is 2.68. The second-order valence-electron chi connectivity index (χ2n) is 3.89. The lowest BCUT2D eigenvalue weighted by molar-refractivity contribution is 0.215. The monoisotopic (exact) mass is 285 g/mol. The van der Waals surface area contributed by atoms with E-state index < -0.39 is 0 Å². The van der Waals surface area contributed by atoms with Crippen molar-refractivity contribution in [2.75, 3.05) is 6.54 Å². The molecule has 1 unspecified atom stereocenters. The Bertz CT molecular complexity index is 544. The van der Waals surface area contributed by atoms with Crippen molar-refractivity contribution in [2.24, 2.45) is 5.73 Å². The molecule has 2 N–H and O–H groups in total. The molecule has 5 heteroatoms. The SMILES string of the molecule is Cc1ccc(F)cc1OC(CN)c1ccc(Cl)s1. The van der Waals surface area contributed by atoms with Crippen LogP contribution in [0, 0.1) is 12.7 Å². The maximum atomic E-state index is 13.2. The predicted octanol–water partition coefficient (Wildman–Crippen LogP) is 3.93. The van der Waals surface area contributed by atoms with Crippen LogP contribution in [-0.4, -0.2) is 6.54 Å². The minimum Gasteiger partial charge on any atom is -0.483 e. The number of rotatable bonds is 4. The number of hydrogen-bond acceptors (Lipinski definition) is 3. The van der Waals surface area contributed by atoms with E-state index >= 15 is 0 Å². The molecule has 0 fully saturated rings. The molecule has 1 aromatic carbocycles. The quantitative estimate of drug-likeness (QED) is 0.924. The predicted molar refractivity (Wildman–Crippen MR) is 72.9 cm³/mol. The summed E-state index contributed by atoms with van der Waals surface area (Å²) in [5.74, 6) is 0.186. The molecule has 1 atom stereocenters. The van der Waals surface area contributed by atoms with E-state index in [1.165, 1.54) is 23.5 Å². The molecular formula is C13H13ClFNOS. The first-order chi connectivity index (χ1) is 8.60. The van der Waals surface area contributed by atoms with Crippen LogP contribution in [0.5, 0.6) is 5.75 Å². The van der Waals surface area contributed by atoms with Crippen LogP contribution in [0.4, 0.5) is 4.39 Å². The van der Waals surface area contributed by atoms with Gasteiger partial charge in [-0.05, 0) is 30.7 Å². The van der Waals surface area contributed by atoms with Crippen molar-refractivity contribution in [3.8, 4) is 5.75 Å². The van der Waals surface area contributed by atoms with Crippen molar-refractivity contribution < 1.29 is 9.13 Å². The van der Waals surface area contributed by atoms with Crippen molar-refractivity contribution in [3.05, 3.63) is 50.9 Å². The van der Waals surface area contributed by atoms with Gasteiger partial charge in [0, 0.05) is 17.5 Å². The minimum absolute atomic E-state index is 0.303. The zero-order chi connectivity index (χ0) is 13.1. The van der Waals surface area contributed by atoms with Gasteiger partial charge in [-0.25, -0.2) is 4.39 Å². The Hall–Kier alpha value is -1.10. The van der Waals surface area contributed by atoms with E-state index in [4.69, 9.17) is 22.1 Å². The Kier molecular flexibility index (Phi) is 4.22. The van der Waals surface area contributed by atoms with Crippen LogP contribution in [0.3, 0.4) is 0 Å². The Morgan fingerprint density at radius 1 is 1.39 bits per heavy atom. The summed E-state index contributed by atoms with van der Waals surface area (Å²) in [6.07, 6.45) is -0.303. The molecule has 2 rings (SSSR count). The maximum Gasteiger partial charge on any atom is 0.145 e. The summed E-state index contributed by atoms with van der Waals surface area (Å²) in [7, 11) is 0. The summed E-state index contributed by atoms with van der Waals surface area (Å²) in [4.78, 5) is 0.936. The number of thiophene rings is 1. The molecule has 0 amide bonds. The molecule has 0 aliphatic heterocycles. The smallest absolute Gasteiger partial charge is 0.145 e. The maximum absolute atomic E-state index is 13.2. The van der Waals surface area contributed by atoms with Gasteiger partial charge in [0.05, 0.1) is 4.34 Å². The van der Waals surface area contributed by atoms with Gasteiger partial charge in [-0.3, -0.25) is 0 Å². The second-order valence-corrected chi connectivity index (χ2v) is 5.64. The first-order valence-electron chi connectivity index (χ1n) is 5.48. The van der Waals surface area contributed by atoms with E-state index in [9.17, 15) is 4.39 Å². The van der Waals surface area contributed by atoms with Crippen LogP contribution in [0.1, 0.15) is 16.5 Å². The van der Waals surface area contributed by atoms with Gasteiger partial charge < -0.3 is 10.5 Å². The number of aryl methyl sites for hydroxylation is 1. The Morgan fingerprint density at radius 3 is 2.78 bits per heavy atom. The minimum atomic E-state index is -0.324. The van der Waals surface area contributed by atoms with Gasteiger partial charge in [-0.2, -0.15) is 0 Å². The van der Waals surface area contributed by atoms with Gasteiger partial charge in [0.2, 0.25) is 0 Å². The lowest BCUT2D eigenvalue weighted by Gasteiger charge is -2.17. The molecule has 0 aliphatic rings. The zero-order valence-corrected chi connectivity index (χ0v) is 11.4. The van der Waals surface area contributed by atoms with Gasteiger partial charge in [0.25, 0.3) is 0 Å². The first kappa shape index (κ1) is 13.3. The molecule has 96 valence electrons. The Balaban J connectivity index is 2.22. The Labute approximate surface area is 114 Å². The molecule has 0 radical (unpaired) electrons. The normalized spacial score (nSPS) is 12.4. The summed E-state index contributed by atoms with van der Waals surface area (Å²) < 4.78 is 19.6. The third kappa shape index (κ3) is 3.02. The van der Waals surface area contributed by atoms with Gasteiger partial charge in [-0.15, -0.1) is 11.3 Å². The molecule has 1 aromatic heterocycles. The standard InChI is InChI=1S/C13H13ClFNOS/c1-8-2-3-9(15)6-10(8)17-11(7-16)12-4-5-13(14)18-12/h2-6,11H,7,16H2,1H3. The van der Waals surface area contributed by atoms with Crippen LogP contribution in [0.2, 0.25) is 4.34 Å². The van der Waals surface area contributed by atoms with E-state index in [1.807, 2.05) is 13.0 Å². The topological polar surface area (TPSA) is 35.2 Å². The lowest BCUT2D eigenvalue weighted by Crippen LogP contribution is -2.17. The summed E-state index contributed by atoms with van der Waals surface area (Å²) in [6.45, 7) is 2.18. The van der Waals surface area contributed by atoms with Crippen molar-refractivity contribution in [1.82, 2.24) is 0 Å². The van der Waals surface area contributed by atoms with E-state index in [2.05, 4.69) is 0 Å². The average Bonchev–Trinajstić information content (AvgIpc) is 2.77. The molecule has 0 saturated heterocycles. The summed E-state index contributed by atoms with van der Waals surface area (Å²) >= 11 is 7.30. The highest BCUT2D eigenvalue weighted by Gasteiger charge is 2.15. The van der Waals surface area contributed by atoms with Crippen molar-refractivity contribution >= 4 is 22.9 Å². The van der Waals surface area contributed by atoms with Crippen molar-refractivity contribution in [1.29, 1.82) is 0 Å². The first-order valence-corrected chi connectivity index (χ1v) is 6.67. The molecule has 18 heavy (non-hydrogen) atoms. The van der Waals surface area contributed by atoms with Gasteiger partial charge in [-0.1, -0.05) is 17.7 Å². The third-order valence-corrected chi connectivity index (χ3v) is 3.87. The van der Waals surface area contributed by atoms with Gasteiger partial charge >= 0.3 is 0 Å². The van der Waals surface area contributed by atoms with E-state index in [0.29, 0.717) is 16.6 Å². The van der Waals surface area contributed by atoms with Crippen LogP contribution in [0.25, 0.3) is 0 Å². The van der Waals surface area contributed by atoms with Crippen LogP contribution in [0.15, 0.2) is 30.3 Å². The summed E-state index contributed by atoms with van der Waals surface area (Å²) in [6, 6.07) is 8.12. The van der Waals surface area contributed by atoms with E-state index in [-0.39, 0.29) is 11.9 Å². The molecular weight excluding hydrogens is 273 g/mol. The summed E-state index contributed by atoms with van der Waals surface area (Å²) in [5.41, 5.74) is 6.57.